The van der Waals surface area contributed by atoms with Crippen LogP contribution >= 0.6 is 19.9 Å². The highest BCUT2D eigenvalue weighted by molar-refractivity contribution is 7.57. The highest BCUT2D eigenvalue weighted by atomic mass is 35.5. The number of para-hydroxylation sites is 1. The van der Waals surface area contributed by atoms with Crippen LogP contribution in [0.4, 0.5) is 11.8 Å². The fraction of sp³-hybridized carbons (Fsp3) is 0.500. The van der Waals surface area contributed by atoms with Crippen molar-refractivity contribution in [3.8, 4) is 5.75 Å². The molecule has 1 saturated carbocycles. The Bertz CT molecular complexity index is 1220. The van der Waals surface area contributed by atoms with Gasteiger partial charge in [0.1, 0.15) is 17.9 Å². The number of hydrogen-bond donors (Lipinski definition) is 4. The van der Waals surface area contributed by atoms with Gasteiger partial charge in [-0.15, -0.1) is 12.4 Å². The summed E-state index contributed by atoms with van der Waals surface area (Å²) in [6.07, 6.45) is 3.64. The lowest BCUT2D eigenvalue weighted by atomic mass is 10.3. The molecule has 2 heterocycles. The molecule has 0 amide bonds. The van der Waals surface area contributed by atoms with E-state index >= 15 is 0 Å². The van der Waals surface area contributed by atoms with Gasteiger partial charge in [-0.05, 0) is 44.9 Å². The van der Waals surface area contributed by atoms with E-state index in [0.717, 1.165) is 12.8 Å². The number of benzene rings is 1. The molecule has 38 heavy (non-hydrogen) atoms. The van der Waals surface area contributed by atoms with E-state index < -0.39 is 13.6 Å². The second-order valence-corrected chi connectivity index (χ2v) is 11.3. The number of nitrogens with two attached hydrogens (primary N) is 2. The van der Waals surface area contributed by atoms with Crippen molar-refractivity contribution in [2.45, 2.75) is 65.2 Å². The number of ether oxygens (including phenoxy) is 1. The molecule has 4 rings (SSSR count). The van der Waals surface area contributed by atoms with E-state index in [1.165, 1.54) is 6.92 Å². The first-order valence-electron chi connectivity index (χ1n) is 12.3. The number of nitrogen functional groups attached to an aromatic ring is 1. The monoisotopic (exact) mass is 568 g/mol. The molecule has 0 spiro atoms. The number of anilines is 2. The van der Waals surface area contributed by atoms with Crippen molar-refractivity contribution in [2.75, 3.05) is 24.0 Å². The molecule has 1 aliphatic carbocycles. The SMILES string of the molecule is CC(=O)[C@H](C)NP(=O)(COCCn1cnc2c(NC3CC3)nc(N)nc21)Oc1ccccc1.CC(C)N.Cl. The predicted octanol–water partition coefficient (Wildman–Crippen LogP) is 3.57. The van der Waals surface area contributed by atoms with Crippen molar-refractivity contribution in [3.63, 3.8) is 0 Å². The van der Waals surface area contributed by atoms with Crippen molar-refractivity contribution in [2.24, 2.45) is 5.73 Å². The van der Waals surface area contributed by atoms with Crippen LogP contribution in [0.1, 0.15) is 40.5 Å². The van der Waals surface area contributed by atoms with Crippen molar-refractivity contribution in [1.29, 1.82) is 0 Å². The predicted molar refractivity (Wildman–Crippen MR) is 152 cm³/mol. The number of ketones is 1. The van der Waals surface area contributed by atoms with E-state index in [1.54, 1.807) is 42.1 Å². The van der Waals surface area contributed by atoms with E-state index in [-0.39, 0.29) is 37.1 Å². The lowest BCUT2D eigenvalue weighted by molar-refractivity contribution is -0.118. The normalized spacial score (nSPS) is 15.1. The van der Waals surface area contributed by atoms with Crippen molar-refractivity contribution < 1.29 is 18.6 Å². The zero-order chi connectivity index (χ0) is 27.0. The quantitative estimate of drug-likeness (QED) is 0.186. The van der Waals surface area contributed by atoms with Crippen LogP contribution in [-0.4, -0.2) is 56.4 Å². The van der Waals surface area contributed by atoms with Crippen LogP contribution in [0.15, 0.2) is 36.7 Å². The standard InChI is InChI=1S/C21H28N7O4P.C3H9N.ClH/c1-14(15(2)29)27-33(30,32-17-6-4-3-5-7-17)13-31-11-10-28-12-23-18-19(24-16-8-9-16)25-21(22)26-20(18)28;1-3(2)4;/h3-7,12,14,16H,8-11,13H2,1-2H3,(H,27,30)(H3,22,24,25,26);3H,4H2,1-2H3;1H/t14-,33?;;/m0../s1. The topological polar surface area (TPSA) is 172 Å². The van der Waals surface area contributed by atoms with Crippen LogP contribution in [0.5, 0.6) is 5.75 Å². The number of rotatable bonds is 12. The Hall–Kier alpha value is -2.76. The molecule has 12 nitrogen and oxygen atoms in total. The molecular weight excluding hydrogens is 531 g/mol. The maximum absolute atomic E-state index is 13.4. The summed E-state index contributed by atoms with van der Waals surface area (Å²) in [5, 5.41) is 6.12. The maximum atomic E-state index is 13.4. The average Bonchev–Trinajstić information content (AvgIpc) is 3.54. The summed E-state index contributed by atoms with van der Waals surface area (Å²) in [7, 11) is -3.50. The van der Waals surface area contributed by atoms with Crippen LogP contribution in [0.25, 0.3) is 11.2 Å². The second kappa shape index (κ2) is 14.4. The van der Waals surface area contributed by atoms with Crippen LogP contribution in [-0.2, 0) is 20.6 Å². The number of aromatic nitrogens is 4. The minimum absolute atomic E-state index is 0. The lowest BCUT2D eigenvalue weighted by Crippen LogP contribution is -2.32. The molecule has 2 aromatic heterocycles. The van der Waals surface area contributed by atoms with E-state index in [0.29, 0.717) is 41.4 Å². The van der Waals surface area contributed by atoms with Crippen molar-refractivity contribution in [1.82, 2.24) is 24.6 Å². The van der Waals surface area contributed by atoms with Crippen LogP contribution in [0, 0.1) is 0 Å². The second-order valence-electron chi connectivity index (χ2n) is 9.28. The largest absolute Gasteiger partial charge is 0.431 e. The summed E-state index contributed by atoms with van der Waals surface area (Å²) >= 11 is 0. The van der Waals surface area contributed by atoms with Gasteiger partial charge in [-0.3, -0.25) is 9.36 Å². The number of nitrogens with zero attached hydrogens (tertiary/aromatic N) is 4. The third-order valence-corrected chi connectivity index (χ3v) is 6.94. The lowest BCUT2D eigenvalue weighted by Gasteiger charge is -2.23. The first-order chi connectivity index (χ1) is 17.6. The Labute approximate surface area is 229 Å². The minimum atomic E-state index is -3.50. The highest BCUT2D eigenvalue weighted by Gasteiger charge is 2.29. The third kappa shape index (κ3) is 9.85. The Morgan fingerprint density at radius 1 is 1.21 bits per heavy atom. The van der Waals surface area contributed by atoms with Gasteiger partial charge in [-0.1, -0.05) is 32.0 Å². The number of fused-ring (bicyclic) bond motifs is 1. The van der Waals surface area contributed by atoms with Gasteiger partial charge in [0.25, 0.3) is 0 Å². The van der Waals surface area contributed by atoms with Crippen molar-refractivity contribution in [3.05, 3.63) is 36.7 Å². The molecule has 0 radical (unpaired) electrons. The zero-order valence-electron chi connectivity index (χ0n) is 22.2. The van der Waals surface area contributed by atoms with Gasteiger partial charge in [0.15, 0.2) is 17.0 Å². The molecule has 14 heteroatoms. The van der Waals surface area contributed by atoms with Crippen molar-refractivity contribution >= 4 is 48.6 Å². The summed E-state index contributed by atoms with van der Waals surface area (Å²) in [5.41, 5.74) is 12.2. The first kappa shape index (κ1) is 31.5. The number of nitrogens with one attached hydrogen (secondary N) is 2. The first-order valence-corrected chi connectivity index (χ1v) is 14.1. The highest BCUT2D eigenvalue weighted by Crippen LogP contribution is 2.43. The molecule has 2 atom stereocenters. The summed E-state index contributed by atoms with van der Waals surface area (Å²) in [6, 6.07) is 8.87. The molecule has 3 aromatic rings. The van der Waals surface area contributed by atoms with Crippen LogP contribution in [0.3, 0.4) is 0 Å². The molecule has 1 fully saturated rings. The van der Waals surface area contributed by atoms with Gasteiger partial charge in [0.05, 0.1) is 19.0 Å². The van der Waals surface area contributed by atoms with Gasteiger partial charge in [-0.2, -0.15) is 9.97 Å². The molecule has 6 N–H and O–H groups in total. The Morgan fingerprint density at radius 3 is 2.47 bits per heavy atom. The summed E-state index contributed by atoms with van der Waals surface area (Å²) < 4.78 is 26.6. The number of imidazole rings is 1. The molecule has 0 saturated heterocycles. The summed E-state index contributed by atoms with van der Waals surface area (Å²) in [5.74, 6) is 1.07. The van der Waals surface area contributed by atoms with Gasteiger partial charge >= 0.3 is 7.52 Å². The Balaban J connectivity index is 0.000000947. The Kier molecular flexibility index (Phi) is 11.9. The van der Waals surface area contributed by atoms with E-state index in [9.17, 15) is 9.36 Å². The molecule has 0 aliphatic heterocycles. The van der Waals surface area contributed by atoms with Gasteiger partial charge in [0, 0.05) is 12.6 Å². The molecular formula is C24H38ClN8O4P. The molecule has 210 valence electrons. The van der Waals surface area contributed by atoms with Gasteiger partial charge < -0.3 is 30.6 Å². The number of Topliss-reactive ketones (excluding diaryl/α,β-unsaturated/α-hetero) is 1. The third-order valence-electron chi connectivity index (χ3n) is 5.13. The minimum Gasteiger partial charge on any atom is -0.431 e. The van der Waals surface area contributed by atoms with Crippen LogP contribution < -0.4 is 26.4 Å². The maximum Gasteiger partial charge on any atom is 0.342 e. The van der Waals surface area contributed by atoms with E-state index in [4.69, 9.17) is 20.7 Å². The number of carbonyl (C=O) groups excluding carboxylic acids is 1. The van der Waals surface area contributed by atoms with Gasteiger partial charge in [0.2, 0.25) is 5.95 Å². The average molecular weight is 569 g/mol. The fourth-order valence-corrected chi connectivity index (χ4v) is 4.91. The number of hydrogen-bond acceptors (Lipinski definition) is 10. The molecule has 0 bridgehead atoms. The smallest absolute Gasteiger partial charge is 0.342 e. The van der Waals surface area contributed by atoms with Crippen LogP contribution in [0.2, 0.25) is 0 Å². The Morgan fingerprint density at radius 2 is 1.87 bits per heavy atom. The van der Waals surface area contributed by atoms with Gasteiger partial charge in [-0.25, -0.2) is 10.1 Å². The molecule has 1 aromatic carbocycles. The number of carbonyl (C=O) groups is 1. The fourth-order valence-electron chi connectivity index (χ4n) is 3.12. The summed E-state index contributed by atoms with van der Waals surface area (Å²) in [6.45, 7) is 7.58. The number of halogens is 1. The summed E-state index contributed by atoms with van der Waals surface area (Å²) in [4.78, 5) is 24.7. The zero-order valence-corrected chi connectivity index (χ0v) is 23.9. The molecule has 1 unspecified atom stereocenters. The van der Waals surface area contributed by atoms with E-state index in [1.807, 2.05) is 19.9 Å². The molecule has 1 aliphatic rings. The van der Waals surface area contributed by atoms with E-state index in [2.05, 4.69) is 25.4 Å².